The predicted octanol–water partition coefficient (Wildman–Crippen LogP) is 3.10. The van der Waals surface area contributed by atoms with Gasteiger partial charge in [0.05, 0.1) is 25.2 Å². The highest BCUT2D eigenvalue weighted by atomic mass is 16.5. The van der Waals surface area contributed by atoms with E-state index in [4.69, 9.17) is 13.9 Å². The lowest BCUT2D eigenvalue weighted by molar-refractivity contribution is 0.225. The molecule has 158 valence electrons. The summed E-state index contributed by atoms with van der Waals surface area (Å²) in [7, 11) is 1.68. The highest BCUT2D eigenvalue weighted by Gasteiger charge is 2.17. The van der Waals surface area contributed by atoms with Crippen molar-refractivity contribution in [1.29, 1.82) is 0 Å². The molecule has 0 amide bonds. The zero-order valence-corrected chi connectivity index (χ0v) is 17.0. The minimum Gasteiger partial charge on any atom is -0.507 e. The van der Waals surface area contributed by atoms with Gasteiger partial charge in [0, 0.05) is 44.5 Å². The van der Waals surface area contributed by atoms with Crippen LogP contribution in [-0.2, 0) is 0 Å². The number of rotatable bonds is 7. The number of fused-ring (bicyclic) bond motifs is 1. The van der Waals surface area contributed by atoms with E-state index in [1.165, 1.54) is 5.69 Å². The van der Waals surface area contributed by atoms with Crippen LogP contribution in [0.2, 0.25) is 0 Å². The molecule has 1 aliphatic heterocycles. The Morgan fingerprint density at radius 3 is 2.47 bits per heavy atom. The van der Waals surface area contributed by atoms with Crippen LogP contribution in [0.5, 0.6) is 17.2 Å². The van der Waals surface area contributed by atoms with Crippen molar-refractivity contribution in [2.45, 2.75) is 6.42 Å². The van der Waals surface area contributed by atoms with Gasteiger partial charge in [-0.1, -0.05) is 0 Å². The van der Waals surface area contributed by atoms with Crippen LogP contribution in [0.4, 0.5) is 5.69 Å². The first-order chi connectivity index (χ1) is 14.6. The van der Waals surface area contributed by atoms with Gasteiger partial charge in [0.1, 0.15) is 22.8 Å². The number of aromatic hydroxyl groups is 1. The molecule has 0 unspecified atom stereocenters. The fourth-order valence-corrected chi connectivity index (χ4v) is 3.72. The van der Waals surface area contributed by atoms with Gasteiger partial charge in [0.2, 0.25) is 0 Å². The Labute approximate surface area is 175 Å². The lowest BCUT2D eigenvalue weighted by atomic mass is 10.2. The van der Waals surface area contributed by atoms with Crippen LogP contribution >= 0.6 is 0 Å². The number of methoxy groups -OCH3 is 1. The molecule has 0 saturated carbocycles. The molecule has 4 rings (SSSR count). The van der Waals surface area contributed by atoms with Crippen molar-refractivity contribution in [1.82, 2.24) is 4.90 Å². The van der Waals surface area contributed by atoms with E-state index < -0.39 is 5.63 Å². The summed E-state index contributed by atoms with van der Waals surface area (Å²) in [5.74, 6) is 1.42. The largest absolute Gasteiger partial charge is 0.507 e. The van der Waals surface area contributed by atoms with Gasteiger partial charge in [-0.2, -0.15) is 0 Å². The first-order valence-corrected chi connectivity index (χ1v) is 10.1. The molecule has 0 aliphatic carbocycles. The normalized spacial score (nSPS) is 14.8. The van der Waals surface area contributed by atoms with E-state index in [0.29, 0.717) is 23.3 Å². The molecule has 2 heterocycles. The summed E-state index contributed by atoms with van der Waals surface area (Å²) in [6.07, 6.45) is 0.907. The van der Waals surface area contributed by atoms with Gasteiger partial charge in [0.25, 0.3) is 0 Å². The molecule has 1 fully saturated rings. The Bertz CT molecular complexity index is 1040. The van der Waals surface area contributed by atoms with Gasteiger partial charge in [-0.15, -0.1) is 0 Å². The fourth-order valence-electron chi connectivity index (χ4n) is 3.72. The molecule has 2 aromatic carbocycles. The summed E-state index contributed by atoms with van der Waals surface area (Å²) in [5.41, 5.74) is 0.978. The molecule has 1 N–H and O–H groups in total. The van der Waals surface area contributed by atoms with Crippen molar-refractivity contribution in [2.75, 3.05) is 51.3 Å². The maximum Gasteiger partial charge on any atom is 0.339 e. The Balaban J connectivity index is 1.22. The van der Waals surface area contributed by atoms with E-state index in [2.05, 4.69) is 21.9 Å². The van der Waals surface area contributed by atoms with E-state index in [9.17, 15) is 9.90 Å². The van der Waals surface area contributed by atoms with Gasteiger partial charge in [0.15, 0.2) is 0 Å². The zero-order valence-electron chi connectivity index (χ0n) is 17.0. The lowest BCUT2D eigenvalue weighted by Crippen LogP contribution is -2.46. The summed E-state index contributed by atoms with van der Waals surface area (Å²) < 4.78 is 16.2. The van der Waals surface area contributed by atoms with Crippen LogP contribution in [0.15, 0.2) is 57.7 Å². The van der Waals surface area contributed by atoms with Crippen molar-refractivity contribution < 1.29 is 19.0 Å². The third kappa shape index (κ3) is 4.68. The average molecular weight is 410 g/mol. The quantitative estimate of drug-likeness (QED) is 0.474. The second-order valence-electron chi connectivity index (χ2n) is 7.34. The third-order valence-electron chi connectivity index (χ3n) is 5.39. The molecule has 0 spiro atoms. The summed E-state index contributed by atoms with van der Waals surface area (Å²) in [6.45, 7) is 5.59. The minimum absolute atomic E-state index is 0.0819. The SMILES string of the molecule is COc1ccc(N2CCN(CCCOc3ccc4c(O)cc(=O)oc4c3)CC2)cc1. The molecule has 1 aromatic heterocycles. The van der Waals surface area contributed by atoms with Crippen molar-refractivity contribution in [3.63, 3.8) is 0 Å². The van der Waals surface area contributed by atoms with Crippen molar-refractivity contribution >= 4 is 16.7 Å². The maximum absolute atomic E-state index is 11.4. The van der Waals surface area contributed by atoms with Crippen LogP contribution in [0.25, 0.3) is 11.0 Å². The Morgan fingerprint density at radius 1 is 1.00 bits per heavy atom. The van der Waals surface area contributed by atoms with E-state index in [0.717, 1.165) is 51.0 Å². The summed E-state index contributed by atoms with van der Waals surface area (Å²) >= 11 is 0. The highest BCUT2D eigenvalue weighted by Crippen LogP contribution is 2.26. The fraction of sp³-hybridized carbons (Fsp3) is 0.348. The number of piperazine rings is 1. The molecule has 7 nitrogen and oxygen atoms in total. The van der Waals surface area contributed by atoms with Crippen LogP contribution in [0, 0.1) is 0 Å². The number of ether oxygens (including phenoxy) is 2. The maximum atomic E-state index is 11.4. The second kappa shape index (κ2) is 9.09. The van der Waals surface area contributed by atoms with Crippen LogP contribution in [0.1, 0.15) is 6.42 Å². The summed E-state index contributed by atoms with van der Waals surface area (Å²) in [5, 5.41) is 10.3. The summed E-state index contributed by atoms with van der Waals surface area (Å²) in [6, 6.07) is 14.4. The van der Waals surface area contributed by atoms with E-state index in [-0.39, 0.29) is 5.75 Å². The highest BCUT2D eigenvalue weighted by molar-refractivity contribution is 5.83. The Morgan fingerprint density at radius 2 is 1.73 bits per heavy atom. The van der Waals surface area contributed by atoms with Crippen molar-refractivity contribution in [3.8, 4) is 17.2 Å². The first-order valence-electron chi connectivity index (χ1n) is 10.1. The Kier molecular flexibility index (Phi) is 6.09. The van der Waals surface area contributed by atoms with E-state index >= 15 is 0 Å². The van der Waals surface area contributed by atoms with Crippen molar-refractivity contribution in [2.24, 2.45) is 0 Å². The zero-order chi connectivity index (χ0) is 20.9. The number of nitrogens with zero attached hydrogens (tertiary/aromatic N) is 2. The molecular weight excluding hydrogens is 384 g/mol. The molecule has 0 bridgehead atoms. The standard InChI is InChI=1S/C23H26N2O5/c1-28-18-5-3-17(4-6-18)25-12-10-24(11-13-25)9-2-14-29-19-7-8-20-21(26)16-23(27)30-22(20)15-19/h3-8,15-16,26H,2,9-14H2,1H3. The minimum atomic E-state index is -0.578. The van der Waals surface area contributed by atoms with Gasteiger partial charge in [-0.05, 0) is 42.8 Å². The number of hydrogen-bond acceptors (Lipinski definition) is 7. The monoisotopic (exact) mass is 410 g/mol. The molecule has 3 aromatic rings. The number of benzene rings is 2. The third-order valence-corrected chi connectivity index (χ3v) is 5.39. The lowest BCUT2D eigenvalue weighted by Gasteiger charge is -2.36. The number of hydrogen-bond donors (Lipinski definition) is 1. The number of anilines is 1. The molecule has 30 heavy (non-hydrogen) atoms. The van der Waals surface area contributed by atoms with Crippen LogP contribution in [-0.4, -0.2) is 56.4 Å². The van der Waals surface area contributed by atoms with Crippen molar-refractivity contribution in [3.05, 3.63) is 59.0 Å². The van der Waals surface area contributed by atoms with Gasteiger partial charge in [-0.25, -0.2) is 4.79 Å². The molecular formula is C23H26N2O5. The van der Waals surface area contributed by atoms with Gasteiger partial charge >= 0.3 is 5.63 Å². The van der Waals surface area contributed by atoms with Gasteiger partial charge in [-0.3, -0.25) is 4.90 Å². The van der Waals surface area contributed by atoms with Crippen LogP contribution < -0.4 is 20.0 Å². The van der Waals surface area contributed by atoms with E-state index in [1.807, 2.05) is 12.1 Å². The predicted molar refractivity (Wildman–Crippen MR) is 116 cm³/mol. The smallest absolute Gasteiger partial charge is 0.339 e. The first kappa shape index (κ1) is 20.1. The molecule has 0 atom stereocenters. The molecule has 1 aliphatic rings. The topological polar surface area (TPSA) is 75.4 Å². The molecule has 7 heteroatoms. The van der Waals surface area contributed by atoms with Crippen LogP contribution in [0.3, 0.4) is 0 Å². The summed E-state index contributed by atoms with van der Waals surface area (Å²) in [4.78, 5) is 16.3. The second-order valence-corrected chi connectivity index (χ2v) is 7.34. The van der Waals surface area contributed by atoms with Gasteiger partial charge < -0.3 is 23.9 Å². The molecule has 0 radical (unpaired) electrons. The Hall–Kier alpha value is -3.19. The van der Waals surface area contributed by atoms with E-state index in [1.54, 1.807) is 25.3 Å². The average Bonchev–Trinajstić information content (AvgIpc) is 2.77. The molecule has 1 saturated heterocycles.